The number of anilines is 1. The Balaban J connectivity index is 1.75. The molecule has 2 heterocycles. The van der Waals surface area contributed by atoms with Gasteiger partial charge in [-0.25, -0.2) is 0 Å². The van der Waals surface area contributed by atoms with Crippen LogP contribution in [-0.2, 0) is 4.79 Å². The first-order chi connectivity index (χ1) is 11.5. The molecule has 2 N–H and O–H groups in total. The molecule has 0 aliphatic rings. The number of halogens is 1. The Morgan fingerprint density at radius 3 is 2.62 bits per heavy atom. The highest BCUT2D eigenvalue weighted by molar-refractivity contribution is 14.1. The van der Waals surface area contributed by atoms with E-state index in [2.05, 4.69) is 43.3 Å². The third-order valence-electron chi connectivity index (χ3n) is 3.90. The lowest BCUT2D eigenvalue weighted by Gasteiger charge is -2.10. The Morgan fingerprint density at radius 2 is 2.00 bits per heavy atom. The van der Waals surface area contributed by atoms with E-state index in [1.165, 1.54) is 0 Å². The molecule has 0 saturated carbocycles. The molecule has 24 heavy (non-hydrogen) atoms. The second kappa shape index (κ2) is 6.76. The standard InChI is InChI=1S/C17H17IN4O2/c1-9(16-10(2)22-24-11(16)3)17(23)19-15-8-14(20-21-15)12-4-6-13(18)7-5-12/h4-9H,1-3H3,(H2,19,20,21,23)/t9-/m0/s1. The number of benzene rings is 1. The van der Waals surface area contributed by atoms with Crippen molar-refractivity contribution in [2.75, 3.05) is 5.32 Å². The molecule has 0 radical (unpaired) electrons. The number of hydrogen-bond donors (Lipinski definition) is 2. The van der Waals surface area contributed by atoms with Crippen LogP contribution >= 0.6 is 22.6 Å². The fraction of sp³-hybridized carbons (Fsp3) is 0.235. The maximum absolute atomic E-state index is 12.5. The van der Waals surface area contributed by atoms with E-state index in [0.717, 1.165) is 26.1 Å². The average molecular weight is 436 g/mol. The summed E-state index contributed by atoms with van der Waals surface area (Å²) in [6.07, 6.45) is 0. The van der Waals surface area contributed by atoms with Gasteiger partial charge in [-0.1, -0.05) is 17.3 Å². The largest absolute Gasteiger partial charge is 0.361 e. The van der Waals surface area contributed by atoms with E-state index in [-0.39, 0.29) is 11.8 Å². The molecule has 3 rings (SSSR count). The van der Waals surface area contributed by atoms with Gasteiger partial charge in [-0.05, 0) is 61.1 Å². The van der Waals surface area contributed by atoms with Gasteiger partial charge >= 0.3 is 0 Å². The number of nitrogens with zero attached hydrogens (tertiary/aromatic N) is 2. The Labute approximate surface area is 153 Å². The van der Waals surface area contributed by atoms with Crippen LogP contribution in [0.15, 0.2) is 34.9 Å². The maximum Gasteiger partial charge on any atom is 0.233 e. The molecule has 1 amide bonds. The third kappa shape index (κ3) is 3.35. The average Bonchev–Trinajstić information content (AvgIpc) is 3.14. The van der Waals surface area contributed by atoms with Gasteiger partial charge in [-0.3, -0.25) is 9.89 Å². The summed E-state index contributed by atoms with van der Waals surface area (Å²) < 4.78 is 6.30. The van der Waals surface area contributed by atoms with Crippen molar-refractivity contribution in [3.05, 3.63) is 50.9 Å². The minimum atomic E-state index is -0.366. The van der Waals surface area contributed by atoms with Gasteiger partial charge in [-0.15, -0.1) is 0 Å². The molecular formula is C17H17IN4O2. The topological polar surface area (TPSA) is 83.8 Å². The SMILES string of the molecule is Cc1noc(C)c1[C@H](C)C(=O)Nc1cc(-c2ccc(I)cc2)[nH]n1. The van der Waals surface area contributed by atoms with Crippen LogP contribution in [0.3, 0.4) is 0 Å². The second-order valence-electron chi connectivity index (χ2n) is 5.62. The highest BCUT2D eigenvalue weighted by Crippen LogP contribution is 2.25. The molecule has 6 nitrogen and oxygen atoms in total. The first-order valence-corrected chi connectivity index (χ1v) is 8.58. The van der Waals surface area contributed by atoms with E-state index in [1.54, 1.807) is 0 Å². The Morgan fingerprint density at radius 1 is 1.29 bits per heavy atom. The first-order valence-electron chi connectivity index (χ1n) is 7.50. The van der Waals surface area contributed by atoms with E-state index in [1.807, 2.05) is 51.1 Å². The van der Waals surface area contributed by atoms with Crippen LogP contribution in [0.25, 0.3) is 11.3 Å². The molecule has 3 aromatic rings. The van der Waals surface area contributed by atoms with Gasteiger partial charge in [0, 0.05) is 15.2 Å². The van der Waals surface area contributed by atoms with Crippen LogP contribution in [0.4, 0.5) is 5.82 Å². The van der Waals surface area contributed by atoms with E-state index in [0.29, 0.717) is 11.6 Å². The minimum absolute atomic E-state index is 0.148. The summed E-state index contributed by atoms with van der Waals surface area (Å²) in [4.78, 5) is 12.5. The number of nitrogens with one attached hydrogen (secondary N) is 2. The predicted octanol–water partition coefficient (Wildman–Crippen LogP) is 4.03. The van der Waals surface area contributed by atoms with E-state index < -0.39 is 0 Å². The zero-order valence-electron chi connectivity index (χ0n) is 13.6. The number of amides is 1. The number of carbonyl (C=O) groups is 1. The molecule has 0 aliphatic heterocycles. The molecule has 0 spiro atoms. The molecule has 2 aromatic heterocycles. The van der Waals surface area contributed by atoms with Gasteiger partial charge in [0.1, 0.15) is 5.76 Å². The number of aromatic amines is 1. The fourth-order valence-corrected chi connectivity index (χ4v) is 3.00. The Bertz CT molecular complexity index is 848. The number of aromatic nitrogens is 3. The summed E-state index contributed by atoms with van der Waals surface area (Å²) in [6, 6.07) is 9.88. The zero-order valence-corrected chi connectivity index (χ0v) is 15.7. The van der Waals surface area contributed by atoms with Crippen LogP contribution in [0.2, 0.25) is 0 Å². The molecule has 7 heteroatoms. The molecule has 0 fully saturated rings. The monoisotopic (exact) mass is 436 g/mol. The van der Waals surface area contributed by atoms with E-state index in [4.69, 9.17) is 4.52 Å². The van der Waals surface area contributed by atoms with Crippen molar-refractivity contribution in [1.82, 2.24) is 15.4 Å². The van der Waals surface area contributed by atoms with Crippen LogP contribution < -0.4 is 5.32 Å². The summed E-state index contributed by atoms with van der Waals surface area (Å²) in [6.45, 7) is 5.47. The third-order valence-corrected chi connectivity index (χ3v) is 4.62. The molecule has 1 atom stereocenters. The molecule has 0 saturated heterocycles. The summed E-state index contributed by atoms with van der Waals surface area (Å²) in [7, 11) is 0. The van der Waals surface area contributed by atoms with Crippen molar-refractivity contribution in [3.8, 4) is 11.3 Å². The van der Waals surface area contributed by atoms with Gasteiger partial charge in [0.05, 0.1) is 17.3 Å². The summed E-state index contributed by atoms with van der Waals surface area (Å²) in [5, 5.41) is 13.8. The van der Waals surface area contributed by atoms with E-state index in [9.17, 15) is 4.79 Å². The quantitative estimate of drug-likeness (QED) is 0.605. The predicted molar refractivity (Wildman–Crippen MR) is 99.8 cm³/mol. The number of H-pyrrole nitrogens is 1. The number of carbonyl (C=O) groups excluding carboxylic acids is 1. The molecular weight excluding hydrogens is 419 g/mol. The number of rotatable bonds is 4. The van der Waals surface area contributed by atoms with Gasteiger partial charge in [0.25, 0.3) is 0 Å². The van der Waals surface area contributed by atoms with E-state index >= 15 is 0 Å². The van der Waals surface area contributed by atoms with Crippen molar-refractivity contribution in [1.29, 1.82) is 0 Å². The smallest absolute Gasteiger partial charge is 0.233 e. The molecule has 0 unspecified atom stereocenters. The Kier molecular flexibility index (Phi) is 4.70. The van der Waals surface area contributed by atoms with Gasteiger partial charge in [-0.2, -0.15) is 5.10 Å². The summed E-state index contributed by atoms with van der Waals surface area (Å²) >= 11 is 2.26. The lowest BCUT2D eigenvalue weighted by atomic mass is 9.99. The number of aryl methyl sites for hydroxylation is 2. The fourth-order valence-electron chi connectivity index (χ4n) is 2.64. The summed E-state index contributed by atoms with van der Waals surface area (Å²) in [5.41, 5.74) is 3.42. The maximum atomic E-state index is 12.5. The van der Waals surface area contributed by atoms with Crippen molar-refractivity contribution < 1.29 is 9.32 Å². The highest BCUT2D eigenvalue weighted by Gasteiger charge is 2.23. The number of hydrogen-bond acceptors (Lipinski definition) is 4. The van der Waals surface area contributed by atoms with Gasteiger partial charge in [0.15, 0.2) is 5.82 Å². The normalized spacial score (nSPS) is 12.2. The Hall–Kier alpha value is -2.16. The lowest BCUT2D eigenvalue weighted by molar-refractivity contribution is -0.117. The molecule has 0 aliphatic carbocycles. The lowest BCUT2D eigenvalue weighted by Crippen LogP contribution is -2.19. The summed E-state index contributed by atoms with van der Waals surface area (Å²) in [5.74, 6) is 0.642. The van der Waals surface area contributed by atoms with Gasteiger partial charge < -0.3 is 9.84 Å². The van der Waals surface area contributed by atoms with Crippen molar-refractivity contribution >= 4 is 34.3 Å². The van der Waals surface area contributed by atoms with Crippen molar-refractivity contribution in [3.63, 3.8) is 0 Å². The van der Waals surface area contributed by atoms with Gasteiger partial charge in [0.2, 0.25) is 5.91 Å². The zero-order chi connectivity index (χ0) is 17.3. The van der Waals surface area contributed by atoms with Crippen LogP contribution in [0, 0.1) is 17.4 Å². The molecule has 124 valence electrons. The van der Waals surface area contributed by atoms with Crippen LogP contribution in [0.1, 0.15) is 29.9 Å². The van der Waals surface area contributed by atoms with Crippen molar-refractivity contribution in [2.24, 2.45) is 0 Å². The molecule has 1 aromatic carbocycles. The first kappa shape index (κ1) is 16.7. The molecule has 0 bridgehead atoms. The highest BCUT2D eigenvalue weighted by atomic mass is 127. The van der Waals surface area contributed by atoms with Crippen LogP contribution in [-0.4, -0.2) is 21.3 Å². The minimum Gasteiger partial charge on any atom is -0.361 e. The van der Waals surface area contributed by atoms with Crippen LogP contribution in [0.5, 0.6) is 0 Å². The van der Waals surface area contributed by atoms with Crippen molar-refractivity contribution in [2.45, 2.75) is 26.7 Å². The second-order valence-corrected chi connectivity index (χ2v) is 6.87.